The molecule has 1 rings (SSSR count). The summed E-state index contributed by atoms with van der Waals surface area (Å²) in [4.78, 5) is 14.2. The second-order valence-corrected chi connectivity index (χ2v) is 5.48. The molecule has 4 nitrogen and oxygen atoms in total. The van der Waals surface area contributed by atoms with Crippen LogP contribution in [0.25, 0.3) is 0 Å². The van der Waals surface area contributed by atoms with Gasteiger partial charge in [-0.2, -0.15) is 0 Å². The number of ether oxygens (including phenoxy) is 1. The molecular formula is C15H31ClN2O2. The number of piperidine rings is 1. The van der Waals surface area contributed by atoms with Crippen molar-refractivity contribution in [3.8, 4) is 0 Å². The summed E-state index contributed by atoms with van der Waals surface area (Å²) in [5.74, 6) is 0.875. The van der Waals surface area contributed by atoms with Crippen molar-refractivity contribution < 1.29 is 9.53 Å². The van der Waals surface area contributed by atoms with E-state index >= 15 is 0 Å². The molecule has 1 saturated heterocycles. The van der Waals surface area contributed by atoms with Crippen molar-refractivity contribution in [2.24, 2.45) is 11.7 Å². The minimum absolute atomic E-state index is 0. The summed E-state index contributed by atoms with van der Waals surface area (Å²) >= 11 is 0. The number of nitrogens with two attached hydrogens (primary N) is 1. The fraction of sp³-hybridized carbons (Fsp3) is 0.933. The van der Waals surface area contributed by atoms with Gasteiger partial charge in [0.25, 0.3) is 0 Å². The van der Waals surface area contributed by atoms with E-state index in [1.54, 1.807) is 0 Å². The lowest BCUT2D eigenvalue weighted by molar-refractivity contribution is -0.134. The predicted molar refractivity (Wildman–Crippen MR) is 85.2 cm³/mol. The summed E-state index contributed by atoms with van der Waals surface area (Å²) < 4.78 is 5.76. The minimum atomic E-state index is 0. The zero-order chi connectivity index (χ0) is 14.1. The standard InChI is InChI=1S/C15H30N2O2.ClH/c1-3-13(4-2)12-15(18)17-9-6-14(7-10-17)19-11-5-8-16;/h13-14H,3-12,16H2,1-2H3;1H. The van der Waals surface area contributed by atoms with E-state index in [9.17, 15) is 4.79 Å². The molecule has 5 heteroatoms. The molecule has 1 fully saturated rings. The monoisotopic (exact) mass is 306 g/mol. The molecule has 20 heavy (non-hydrogen) atoms. The Morgan fingerprint density at radius 1 is 1.30 bits per heavy atom. The van der Waals surface area contributed by atoms with Gasteiger partial charge in [0.2, 0.25) is 5.91 Å². The molecule has 2 N–H and O–H groups in total. The van der Waals surface area contributed by atoms with Crippen molar-refractivity contribution >= 4 is 18.3 Å². The molecular weight excluding hydrogens is 276 g/mol. The van der Waals surface area contributed by atoms with E-state index in [1.807, 2.05) is 4.90 Å². The number of likely N-dealkylation sites (tertiary alicyclic amines) is 1. The van der Waals surface area contributed by atoms with Crippen molar-refractivity contribution in [3.05, 3.63) is 0 Å². The lowest BCUT2D eigenvalue weighted by Gasteiger charge is -2.32. The average molecular weight is 307 g/mol. The Balaban J connectivity index is 0.00000361. The summed E-state index contributed by atoms with van der Waals surface area (Å²) in [5, 5.41) is 0. The molecule has 1 heterocycles. The topological polar surface area (TPSA) is 55.6 Å². The van der Waals surface area contributed by atoms with Gasteiger partial charge in [0.05, 0.1) is 6.10 Å². The molecule has 0 unspecified atom stereocenters. The highest BCUT2D eigenvalue weighted by Crippen LogP contribution is 2.18. The first-order chi connectivity index (χ1) is 9.21. The van der Waals surface area contributed by atoms with Crippen molar-refractivity contribution in [2.45, 2.75) is 58.5 Å². The summed E-state index contributed by atoms with van der Waals surface area (Å²) in [7, 11) is 0. The highest BCUT2D eigenvalue weighted by atomic mass is 35.5. The number of nitrogens with zero attached hydrogens (tertiary/aromatic N) is 1. The lowest BCUT2D eigenvalue weighted by atomic mass is 9.98. The Kier molecular flexibility index (Phi) is 11.2. The van der Waals surface area contributed by atoms with Gasteiger partial charge in [-0.15, -0.1) is 12.4 Å². The van der Waals surface area contributed by atoms with E-state index in [0.29, 0.717) is 30.9 Å². The first-order valence-corrected chi connectivity index (χ1v) is 7.80. The van der Waals surface area contributed by atoms with Crippen LogP contribution in [0, 0.1) is 5.92 Å². The van der Waals surface area contributed by atoms with Gasteiger partial charge in [-0.25, -0.2) is 0 Å². The number of hydrogen-bond donors (Lipinski definition) is 1. The Labute approximate surface area is 129 Å². The molecule has 0 saturated carbocycles. The molecule has 1 amide bonds. The highest BCUT2D eigenvalue weighted by Gasteiger charge is 2.24. The maximum absolute atomic E-state index is 12.2. The molecule has 0 atom stereocenters. The minimum Gasteiger partial charge on any atom is -0.378 e. The smallest absolute Gasteiger partial charge is 0.222 e. The molecule has 0 aromatic rings. The van der Waals surface area contributed by atoms with Crippen molar-refractivity contribution in [1.29, 1.82) is 0 Å². The van der Waals surface area contributed by atoms with Gasteiger partial charge >= 0.3 is 0 Å². The molecule has 120 valence electrons. The molecule has 0 aromatic carbocycles. The number of halogens is 1. The maximum Gasteiger partial charge on any atom is 0.222 e. The number of rotatable bonds is 8. The van der Waals surface area contributed by atoms with Gasteiger partial charge in [-0.1, -0.05) is 26.7 Å². The van der Waals surface area contributed by atoms with Gasteiger partial charge in [0, 0.05) is 26.1 Å². The van der Waals surface area contributed by atoms with Gasteiger partial charge in [-0.05, 0) is 31.7 Å². The number of amides is 1. The number of carbonyl (C=O) groups is 1. The van der Waals surface area contributed by atoms with E-state index in [0.717, 1.165) is 51.8 Å². The van der Waals surface area contributed by atoms with Crippen LogP contribution >= 0.6 is 12.4 Å². The van der Waals surface area contributed by atoms with E-state index in [-0.39, 0.29) is 12.4 Å². The highest BCUT2D eigenvalue weighted by molar-refractivity contribution is 5.85. The summed E-state index contributed by atoms with van der Waals surface area (Å²) in [6.45, 7) is 7.48. The molecule has 0 radical (unpaired) electrons. The zero-order valence-corrected chi connectivity index (χ0v) is 13.8. The number of carbonyl (C=O) groups excluding carboxylic acids is 1. The fourth-order valence-corrected chi connectivity index (χ4v) is 2.56. The fourth-order valence-electron chi connectivity index (χ4n) is 2.56. The quantitative estimate of drug-likeness (QED) is 0.701. The second kappa shape index (κ2) is 11.4. The Morgan fingerprint density at radius 2 is 1.90 bits per heavy atom. The van der Waals surface area contributed by atoms with Gasteiger partial charge < -0.3 is 15.4 Å². The van der Waals surface area contributed by atoms with Crippen molar-refractivity contribution in [2.75, 3.05) is 26.2 Å². The van der Waals surface area contributed by atoms with Crippen molar-refractivity contribution in [1.82, 2.24) is 4.90 Å². The summed E-state index contributed by atoms with van der Waals surface area (Å²) in [6, 6.07) is 0. The van der Waals surface area contributed by atoms with E-state index in [4.69, 9.17) is 10.5 Å². The SMILES string of the molecule is CCC(CC)CC(=O)N1CCC(OCCCN)CC1.Cl. The zero-order valence-electron chi connectivity index (χ0n) is 13.0. The predicted octanol–water partition coefficient (Wildman–Crippen LogP) is 2.59. The van der Waals surface area contributed by atoms with E-state index in [1.165, 1.54) is 0 Å². The van der Waals surface area contributed by atoms with Crippen LogP contribution in [0.3, 0.4) is 0 Å². The summed E-state index contributed by atoms with van der Waals surface area (Å²) in [6.07, 6.45) is 6.10. The van der Waals surface area contributed by atoms with Gasteiger partial charge in [-0.3, -0.25) is 4.79 Å². The third-order valence-corrected chi connectivity index (χ3v) is 4.11. The average Bonchev–Trinajstić information content (AvgIpc) is 2.45. The maximum atomic E-state index is 12.2. The van der Waals surface area contributed by atoms with Crippen LogP contribution in [0.5, 0.6) is 0 Å². The third kappa shape index (κ3) is 6.91. The molecule has 0 spiro atoms. The van der Waals surface area contributed by atoms with E-state index < -0.39 is 0 Å². The Morgan fingerprint density at radius 3 is 2.40 bits per heavy atom. The second-order valence-electron chi connectivity index (χ2n) is 5.48. The van der Waals surface area contributed by atoms with Crippen LogP contribution < -0.4 is 5.73 Å². The first kappa shape index (κ1) is 19.7. The Hall–Kier alpha value is -0.320. The van der Waals surface area contributed by atoms with Crippen molar-refractivity contribution in [3.63, 3.8) is 0 Å². The largest absolute Gasteiger partial charge is 0.378 e. The van der Waals surface area contributed by atoms with Crippen LogP contribution in [-0.2, 0) is 9.53 Å². The lowest BCUT2D eigenvalue weighted by Crippen LogP contribution is -2.41. The van der Waals surface area contributed by atoms with Crippen LogP contribution in [0.2, 0.25) is 0 Å². The van der Waals surface area contributed by atoms with Gasteiger partial charge in [0.15, 0.2) is 0 Å². The molecule has 0 bridgehead atoms. The van der Waals surface area contributed by atoms with E-state index in [2.05, 4.69) is 13.8 Å². The van der Waals surface area contributed by atoms with Crippen LogP contribution in [-0.4, -0.2) is 43.2 Å². The van der Waals surface area contributed by atoms with Crippen LogP contribution in [0.1, 0.15) is 52.4 Å². The number of hydrogen-bond acceptors (Lipinski definition) is 3. The normalized spacial score (nSPS) is 16.3. The Bertz CT molecular complexity index is 252. The first-order valence-electron chi connectivity index (χ1n) is 7.80. The summed E-state index contributed by atoms with van der Waals surface area (Å²) in [5.41, 5.74) is 5.45. The van der Waals surface area contributed by atoms with Gasteiger partial charge in [0.1, 0.15) is 0 Å². The molecule has 0 aromatic heterocycles. The molecule has 0 aliphatic carbocycles. The van der Waals surface area contributed by atoms with Crippen LogP contribution in [0.15, 0.2) is 0 Å². The van der Waals surface area contributed by atoms with Crippen LogP contribution in [0.4, 0.5) is 0 Å². The third-order valence-electron chi connectivity index (χ3n) is 4.11. The molecule has 1 aliphatic heterocycles. The molecule has 1 aliphatic rings.